The van der Waals surface area contributed by atoms with Gasteiger partial charge >= 0.3 is 6.01 Å². The lowest BCUT2D eigenvalue weighted by atomic mass is 10.2. The topological polar surface area (TPSA) is 89.9 Å². The molecule has 110 valence electrons. The van der Waals surface area contributed by atoms with E-state index >= 15 is 0 Å². The van der Waals surface area contributed by atoms with Gasteiger partial charge in [-0.2, -0.15) is 0 Å². The van der Waals surface area contributed by atoms with Crippen LogP contribution in [0.25, 0.3) is 0 Å². The van der Waals surface area contributed by atoms with Gasteiger partial charge in [-0.1, -0.05) is 17.4 Å². The molecule has 0 unspecified atom stereocenters. The minimum Gasteiger partial charge on any atom is -0.424 e. The maximum Gasteiger partial charge on any atom is 0.321 e. The summed E-state index contributed by atoms with van der Waals surface area (Å²) in [7, 11) is 0. The summed E-state index contributed by atoms with van der Waals surface area (Å²) in [5, 5.41) is 10.5. The van der Waals surface area contributed by atoms with Gasteiger partial charge in [-0.05, 0) is 34.1 Å². The summed E-state index contributed by atoms with van der Waals surface area (Å²) in [5.41, 5.74) is 1.98. The molecule has 0 radical (unpaired) electrons. The maximum atomic E-state index is 12.1. The van der Waals surface area contributed by atoms with Crippen LogP contribution in [-0.4, -0.2) is 26.1 Å². The van der Waals surface area contributed by atoms with Gasteiger partial charge in [-0.15, -0.1) is 10.2 Å². The summed E-state index contributed by atoms with van der Waals surface area (Å²) >= 11 is 4.49. The standard InChI is InChI=1S/C13H8BrN5O2S/c14-9-5-15-12(16-6-9)21-10-3-1-2-8(4-10)11(20)18-13-19-17-7-22-13/h1-7H,(H,18,19,20). The Morgan fingerprint density at radius 1 is 1.27 bits per heavy atom. The van der Waals surface area contributed by atoms with E-state index in [1.807, 2.05) is 0 Å². The Hall–Kier alpha value is -2.39. The highest BCUT2D eigenvalue weighted by Gasteiger charge is 2.10. The van der Waals surface area contributed by atoms with Gasteiger partial charge in [-0.3, -0.25) is 10.1 Å². The Morgan fingerprint density at radius 3 is 2.82 bits per heavy atom. The average Bonchev–Trinajstić information content (AvgIpc) is 3.03. The van der Waals surface area contributed by atoms with Crippen molar-refractivity contribution < 1.29 is 9.53 Å². The molecular formula is C13H8BrN5O2S. The molecule has 1 N–H and O–H groups in total. The highest BCUT2D eigenvalue weighted by molar-refractivity contribution is 9.10. The molecular weight excluding hydrogens is 370 g/mol. The third-order valence-electron chi connectivity index (χ3n) is 2.48. The molecule has 7 nitrogen and oxygen atoms in total. The highest BCUT2D eigenvalue weighted by atomic mass is 79.9. The molecule has 0 aliphatic heterocycles. The van der Waals surface area contributed by atoms with Gasteiger partial charge in [0.15, 0.2) is 0 Å². The molecule has 22 heavy (non-hydrogen) atoms. The lowest BCUT2D eigenvalue weighted by Gasteiger charge is -2.06. The van der Waals surface area contributed by atoms with E-state index in [4.69, 9.17) is 4.74 Å². The van der Waals surface area contributed by atoms with Crippen molar-refractivity contribution in [1.29, 1.82) is 0 Å². The summed E-state index contributed by atoms with van der Waals surface area (Å²) in [6, 6.07) is 6.90. The normalized spacial score (nSPS) is 10.2. The monoisotopic (exact) mass is 377 g/mol. The van der Waals surface area contributed by atoms with Crippen molar-refractivity contribution in [3.05, 3.63) is 52.2 Å². The number of rotatable bonds is 4. The zero-order valence-electron chi connectivity index (χ0n) is 10.9. The molecule has 3 aromatic rings. The number of carbonyl (C=O) groups excluding carboxylic acids is 1. The van der Waals surface area contributed by atoms with Crippen LogP contribution in [0.4, 0.5) is 5.13 Å². The van der Waals surface area contributed by atoms with E-state index in [2.05, 4.69) is 41.4 Å². The molecule has 1 amide bonds. The van der Waals surface area contributed by atoms with E-state index in [0.29, 0.717) is 16.4 Å². The third kappa shape index (κ3) is 3.62. The van der Waals surface area contributed by atoms with Gasteiger partial charge in [0.1, 0.15) is 11.3 Å². The zero-order chi connectivity index (χ0) is 15.4. The number of benzene rings is 1. The molecule has 9 heteroatoms. The minimum atomic E-state index is -0.293. The number of hydrogen-bond donors (Lipinski definition) is 1. The SMILES string of the molecule is O=C(Nc1nncs1)c1cccc(Oc2ncc(Br)cn2)c1. The number of ether oxygens (including phenoxy) is 1. The van der Waals surface area contributed by atoms with Crippen molar-refractivity contribution in [2.24, 2.45) is 0 Å². The fourth-order valence-corrected chi connectivity index (χ4v) is 2.20. The number of amides is 1. The predicted molar refractivity (Wildman–Crippen MR) is 84.1 cm³/mol. The number of anilines is 1. The van der Waals surface area contributed by atoms with Crippen molar-refractivity contribution in [2.45, 2.75) is 0 Å². The smallest absolute Gasteiger partial charge is 0.321 e. The first-order valence-corrected chi connectivity index (χ1v) is 7.71. The van der Waals surface area contributed by atoms with Crippen molar-refractivity contribution in [3.63, 3.8) is 0 Å². The van der Waals surface area contributed by atoms with Crippen LogP contribution >= 0.6 is 27.3 Å². The summed E-state index contributed by atoms with van der Waals surface area (Å²) < 4.78 is 6.27. The maximum absolute atomic E-state index is 12.1. The van der Waals surface area contributed by atoms with Gasteiger partial charge in [0.05, 0.1) is 4.47 Å². The summed E-state index contributed by atoms with van der Waals surface area (Å²) in [5.74, 6) is 0.172. The van der Waals surface area contributed by atoms with Crippen molar-refractivity contribution in [2.75, 3.05) is 5.32 Å². The van der Waals surface area contributed by atoms with E-state index < -0.39 is 0 Å². The van der Waals surface area contributed by atoms with Crippen LogP contribution in [0, 0.1) is 0 Å². The molecule has 0 aliphatic carbocycles. The predicted octanol–water partition coefficient (Wildman–Crippen LogP) is 3.14. The number of halogens is 1. The van der Waals surface area contributed by atoms with E-state index in [0.717, 1.165) is 4.47 Å². The second-order valence-corrected chi connectivity index (χ2v) is 5.76. The fraction of sp³-hybridized carbons (Fsp3) is 0. The van der Waals surface area contributed by atoms with Crippen LogP contribution in [-0.2, 0) is 0 Å². The molecule has 0 saturated carbocycles. The van der Waals surface area contributed by atoms with Crippen LogP contribution < -0.4 is 10.1 Å². The fourth-order valence-electron chi connectivity index (χ4n) is 1.56. The second-order valence-electron chi connectivity index (χ2n) is 4.01. The zero-order valence-corrected chi connectivity index (χ0v) is 13.3. The largest absolute Gasteiger partial charge is 0.424 e. The second kappa shape index (κ2) is 6.58. The Bertz CT molecular complexity index is 779. The molecule has 2 aromatic heterocycles. The van der Waals surface area contributed by atoms with Gasteiger partial charge in [-0.25, -0.2) is 9.97 Å². The molecule has 0 saturated heterocycles. The molecule has 1 aromatic carbocycles. The lowest BCUT2D eigenvalue weighted by Crippen LogP contribution is -2.11. The van der Waals surface area contributed by atoms with Crippen molar-refractivity contribution >= 4 is 38.3 Å². The number of aromatic nitrogens is 4. The van der Waals surface area contributed by atoms with E-state index in [-0.39, 0.29) is 11.9 Å². The van der Waals surface area contributed by atoms with Crippen LogP contribution in [0.5, 0.6) is 11.8 Å². The van der Waals surface area contributed by atoms with Crippen molar-refractivity contribution in [1.82, 2.24) is 20.2 Å². The van der Waals surface area contributed by atoms with Crippen LogP contribution in [0.1, 0.15) is 10.4 Å². The Labute approximate surface area is 137 Å². The van der Waals surface area contributed by atoms with E-state index in [9.17, 15) is 4.79 Å². The Morgan fingerprint density at radius 2 is 2.09 bits per heavy atom. The Kier molecular flexibility index (Phi) is 4.35. The summed E-state index contributed by atoms with van der Waals surface area (Å²) in [4.78, 5) is 20.1. The average molecular weight is 378 g/mol. The molecule has 0 bridgehead atoms. The quantitative estimate of drug-likeness (QED) is 0.750. The van der Waals surface area contributed by atoms with Gasteiger partial charge in [0, 0.05) is 18.0 Å². The van der Waals surface area contributed by atoms with E-state index in [1.165, 1.54) is 11.3 Å². The molecule has 0 spiro atoms. The van der Waals surface area contributed by atoms with Crippen LogP contribution in [0.2, 0.25) is 0 Å². The van der Waals surface area contributed by atoms with Gasteiger partial charge in [0.2, 0.25) is 5.13 Å². The minimum absolute atomic E-state index is 0.199. The Balaban J connectivity index is 1.74. The number of hydrogen-bond acceptors (Lipinski definition) is 7. The first-order valence-electron chi connectivity index (χ1n) is 6.04. The van der Waals surface area contributed by atoms with Crippen LogP contribution in [0.3, 0.4) is 0 Å². The number of nitrogens with one attached hydrogen (secondary N) is 1. The van der Waals surface area contributed by atoms with Gasteiger partial charge in [0.25, 0.3) is 5.91 Å². The lowest BCUT2D eigenvalue weighted by molar-refractivity contribution is 0.102. The third-order valence-corrected chi connectivity index (χ3v) is 3.50. The summed E-state index contributed by atoms with van der Waals surface area (Å²) in [6.07, 6.45) is 3.16. The molecule has 0 atom stereocenters. The van der Waals surface area contributed by atoms with Gasteiger partial charge < -0.3 is 4.74 Å². The molecule has 3 rings (SSSR count). The molecule has 0 fully saturated rings. The summed E-state index contributed by atoms with van der Waals surface area (Å²) in [6.45, 7) is 0. The molecule has 2 heterocycles. The first kappa shape index (κ1) is 14.5. The number of carbonyl (C=O) groups is 1. The van der Waals surface area contributed by atoms with E-state index in [1.54, 1.807) is 42.2 Å². The first-order chi connectivity index (χ1) is 10.7. The highest BCUT2D eigenvalue weighted by Crippen LogP contribution is 2.20. The molecule has 0 aliphatic rings. The number of nitrogens with zero attached hydrogens (tertiary/aromatic N) is 4. The van der Waals surface area contributed by atoms with Crippen molar-refractivity contribution in [3.8, 4) is 11.8 Å². The van der Waals surface area contributed by atoms with Crippen LogP contribution in [0.15, 0.2) is 46.6 Å².